The summed E-state index contributed by atoms with van der Waals surface area (Å²) < 4.78 is 5.36. The summed E-state index contributed by atoms with van der Waals surface area (Å²) in [5.74, 6) is 1.01. The van der Waals surface area contributed by atoms with Crippen LogP contribution >= 0.6 is 0 Å². The zero-order chi connectivity index (χ0) is 13.6. The van der Waals surface area contributed by atoms with E-state index in [-0.39, 0.29) is 0 Å². The SMILES string of the molecule is CCCCC1CCC(CCOC)(CNC2CC2)CC1. The van der Waals surface area contributed by atoms with Crippen molar-refractivity contribution in [3.8, 4) is 0 Å². The predicted octanol–water partition coefficient (Wildman–Crippen LogP) is 4.14. The maximum atomic E-state index is 5.36. The third-order valence-electron chi connectivity index (χ3n) is 5.31. The molecule has 1 N–H and O–H groups in total. The highest BCUT2D eigenvalue weighted by atomic mass is 16.5. The average Bonchev–Trinajstić information content (AvgIpc) is 3.27. The summed E-state index contributed by atoms with van der Waals surface area (Å²) in [6.07, 6.45) is 14.1. The van der Waals surface area contributed by atoms with Gasteiger partial charge < -0.3 is 10.1 Å². The molecule has 2 aliphatic carbocycles. The van der Waals surface area contributed by atoms with Crippen molar-refractivity contribution in [3.05, 3.63) is 0 Å². The topological polar surface area (TPSA) is 21.3 Å². The summed E-state index contributed by atoms with van der Waals surface area (Å²) in [5.41, 5.74) is 0.543. The number of ether oxygens (including phenoxy) is 1. The lowest BCUT2D eigenvalue weighted by molar-refractivity contribution is 0.0819. The maximum Gasteiger partial charge on any atom is 0.0468 e. The Morgan fingerprint density at radius 1 is 1.16 bits per heavy atom. The van der Waals surface area contributed by atoms with Crippen LogP contribution in [-0.4, -0.2) is 26.3 Å². The van der Waals surface area contributed by atoms with Crippen molar-refractivity contribution in [2.75, 3.05) is 20.3 Å². The minimum Gasteiger partial charge on any atom is -0.385 e. The molecule has 2 heteroatoms. The predicted molar refractivity (Wildman–Crippen MR) is 81.4 cm³/mol. The summed E-state index contributed by atoms with van der Waals surface area (Å²) in [6.45, 7) is 4.48. The van der Waals surface area contributed by atoms with Crippen LogP contribution in [0.2, 0.25) is 0 Å². The first kappa shape index (κ1) is 15.3. The van der Waals surface area contributed by atoms with Crippen LogP contribution in [0.5, 0.6) is 0 Å². The van der Waals surface area contributed by atoms with Gasteiger partial charge in [-0.05, 0) is 56.3 Å². The molecule has 0 heterocycles. The van der Waals surface area contributed by atoms with E-state index in [1.54, 1.807) is 0 Å². The number of nitrogens with one attached hydrogen (secondary N) is 1. The Morgan fingerprint density at radius 3 is 2.47 bits per heavy atom. The fraction of sp³-hybridized carbons (Fsp3) is 1.00. The van der Waals surface area contributed by atoms with Crippen LogP contribution < -0.4 is 5.32 Å². The number of hydrogen-bond donors (Lipinski definition) is 1. The maximum absolute atomic E-state index is 5.36. The van der Waals surface area contributed by atoms with Crippen LogP contribution in [0.15, 0.2) is 0 Å². The lowest BCUT2D eigenvalue weighted by Gasteiger charge is -2.41. The largest absolute Gasteiger partial charge is 0.385 e. The fourth-order valence-electron chi connectivity index (χ4n) is 3.55. The lowest BCUT2D eigenvalue weighted by atomic mass is 9.67. The minimum atomic E-state index is 0.543. The summed E-state index contributed by atoms with van der Waals surface area (Å²) in [7, 11) is 1.84. The first-order valence-corrected chi connectivity index (χ1v) is 8.50. The Hall–Kier alpha value is -0.0800. The molecule has 0 bridgehead atoms. The molecule has 0 spiro atoms. The second kappa shape index (κ2) is 7.64. The molecule has 0 aromatic carbocycles. The molecule has 0 amide bonds. The van der Waals surface area contributed by atoms with E-state index in [9.17, 15) is 0 Å². The first-order valence-electron chi connectivity index (χ1n) is 8.50. The first-order chi connectivity index (χ1) is 9.28. The van der Waals surface area contributed by atoms with Crippen molar-refractivity contribution in [1.82, 2.24) is 5.32 Å². The molecule has 112 valence electrons. The lowest BCUT2D eigenvalue weighted by Crippen LogP contribution is -2.39. The summed E-state index contributed by atoms with van der Waals surface area (Å²) in [6, 6.07) is 0.845. The zero-order valence-corrected chi connectivity index (χ0v) is 13.0. The normalized spacial score (nSPS) is 31.6. The van der Waals surface area contributed by atoms with E-state index < -0.39 is 0 Å². The zero-order valence-electron chi connectivity index (χ0n) is 13.0. The van der Waals surface area contributed by atoms with E-state index in [1.165, 1.54) is 70.8 Å². The Labute approximate surface area is 119 Å². The third-order valence-corrected chi connectivity index (χ3v) is 5.31. The van der Waals surface area contributed by atoms with E-state index in [2.05, 4.69) is 12.2 Å². The van der Waals surface area contributed by atoms with E-state index >= 15 is 0 Å². The van der Waals surface area contributed by atoms with Gasteiger partial charge in [0.15, 0.2) is 0 Å². The summed E-state index contributed by atoms with van der Waals surface area (Å²) in [5, 5.41) is 3.78. The smallest absolute Gasteiger partial charge is 0.0468 e. The number of unbranched alkanes of at least 4 members (excludes halogenated alkanes) is 1. The third kappa shape index (κ3) is 5.07. The van der Waals surface area contributed by atoms with Crippen molar-refractivity contribution in [2.45, 2.75) is 77.2 Å². The van der Waals surface area contributed by atoms with Crippen molar-refractivity contribution in [2.24, 2.45) is 11.3 Å². The van der Waals surface area contributed by atoms with Gasteiger partial charge in [0.1, 0.15) is 0 Å². The molecule has 2 rings (SSSR count). The standard InChI is InChI=1S/C17H33NO/c1-3-4-5-15-8-10-17(11-9-15,12-13-19-2)14-18-16-6-7-16/h15-16,18H,3-14H2,1-2H3. The molecular weight excluding hydrogens is 234 g/mol. The molecule has 0 aliphatic heterocycles. The van der Waals surface area contributed by atoms with Crippen LogP contribution in [0, 0.1) is 11.3 Å². The minimum absolute atomic E-state index is 0.543. The molecule has 0 aromatic heterocycles. The van der Waals surface area contributed by atoms with Crippen molar-refractivity contribution >= 4 is 0 Å². The van der Waals surface area contributed by atoms with Gasteiger partial charge in [-0.3, -0.25) is 0 Å². The Kier molecular flexibility index (Phi) is 6.15. The van der Waals surface area contributed by atoms with Gasteiger partial charge in [0.25, 0.3) is 0 Å². The van der Waals surface area contributed by atoms with Gasteiger partial charge in [-0.2, -0.15) is 0 Å². The molecule has 2 nitrogen and oxygen atoms in total. The Bertz CT molecular complexity index is 242. The van der Waals surface area contributed by atoms with Crippen LogP contribution in [0.25, 0.3) is 0 Å². The number of rotatable bonds is 9. The van der Waals surface area contributed by atoms with Gasteiger partial charge in [0, 0.05) is 26.3 Å². The molecule has 2 aliphatic rings. The van der Waals surface area contributed by atoms with Crippen LogP contribution in [0.4, 0.5) is 0 Å². The molecule has 2 fully saturated rings. The van der Waals surface area contributed by atoms with Gasteiger partial charge in [-0.15, -0.1) is 0 Å². The second-order valence-electron chi connectivity index (χ2n) is 6.98. The van der Waals surface area contributed by atoms with E-state index in [0.29, 0.717) is 5.41 Å². The van der Waals surface area contributed by atoms with E-state index in [1.807, 2.05) is 7.11 Å². The highest BCUT2D eigenvalue weighted by Gasteiger charge is 2.36. The molecule has 0 radical (unpaired) electrons. The molecule has 2 saturated carbocycles. The van der Waals surface area contributed by atoms with E-state index in [4.69, 9.17) is 4.74 Å². The molecular formula is C17H33NO. The molecule has 0 saturated heterocycles. The second-order valence-corrected chi connectivity index (χ2v) is 6.98. The van der Waals surface area contributed by atoms with Gasteiger partial charge in [-0.25, -0.2) is 0 Å². The summed E-state index contributed by atoms with van der Waals surface area (Å²) >= 11 is 0. The van der Waals surface area contributed by atoms with Gasteiger partial charge >= 0.3 is 0 Å². The van der Waals surface area contributed by atoms with Crippen LogP contribution in [-0.2, 0) is 4.74 Å². The van der Waals surface area contributed by atoms with Crippen LogP contribution in [0.1, 0.15) is 71.1 Å². The van der Waals surface area contributed by atoms with Crippen molar-refractivity contribution in [3.63, 3.8) is 0 Å². The van der Waals surface area contributed by atoms with Crippen LogP contribution in [0.3, 0.4) is 0 Å². The highest BCUT2D eigenvalue weighted by molar-refractivity contribution is 4.91. The van der Waals surface area contributed by atoms with Gasteiger partial charge in [0.2, 0.25) is 0 Å². The molecule has 0 aromatic rings. The fourth-order valence-corrected chi connectivity index (χ4v) is 3.55. The quantitative estimate of drug-likeness (QED) is 0.678. The van der Waals surface area contributed by atoms with Crippen molar-refractivity contribution in [1.29, 1.82) is 0 Å². The molecule has 0 unspecified atom stereocenters. The summed E-state index contributed by atoms with van der Waals surface area (Å²) in [4.78, 5) is 0. The Morgan fingerprint density at radius 2 is 1.89 bits per heavy atom. The monoisotopic (exact) mass is 267 g/mol. The molecule has 19 heavy (non-hydrogen) atoms. The van der Waals surface area contributed by atoms with Crippen molar-refractivity contribution < 1.29 is 4.74 Å². The Balaban J connectivity index is 1.77. The molecule has 0 atom stereocenters. The van der Waals surface area contributed by atoms with Gasteiger partial charge in [0.05, 0.1) is 0 Å². The number of methoxy groups -OCH3 is 1. The van der Waals surface area contributed by atoms with Gasteiger partial charge in [-0.1, -0.05) is 26.2 Å². The highest BCUT2D eigenvalue weighted by Crippen LogP contribution is 2.43. The van der Waals surface area contributed by atoms with E-state index in [0.717, 1.165) is 18.6 Å². The number of hydrogen-bond acceptors (Lipinski definition) is 2. The average molecular weight is 267 g/mol.